The molecule has 0 unspecified atom stereocenters. The second-order valence-corrected chi connectivity index (χ2v) is 6.29. The molecule has 0 radical (unpaired) electrons. The summed E-state index contributed by atoms with van der Waals surface area (Å²) in [5.41, 5.74) is 0. The van der Waals surface area contributed by atoms with Crippen molar-refractivity contribution < 1.29 is 4.74 Å². The summed E-state index contributed by atoms with van der Waals surface area (Å²) in [7, 11) is 0. The van der Waals surface area contributed by atoms with Gasteiger partial charge in [0.25, 0.3) is 0 Å². The summed E-state index contributed by atoms with van der Waals surface area (Å²) < 4.78 is 7.90. The third-order valence-corrected chi connectivity index (χ3v) is 4.55. The maximum Gasteiger partial charge on any atom is 0.147 e. The molecule has 1 aromatic heterocycles. The lowest BCUT2D eigenvalue weighted by Gasteiger charge is -2.34. The van der Waals surface area contributed by atoms with Gasteiger partial charge in [-0.1, -0.05) is 12.8 Å². The van der Waals surface area contributed by atoms with Gasteiger partial charge in [-0.3, -0.25) is 4.90 Å². The lowest BCUT2D eigenvalue weighted by Crippen LogP contribution is -2.45. The molecule has 3 rings (SSSR count). The van der Waals surface area contributed by atoms with E-state index >= 15 is 0 Å². The second-order valence-electron chi connectivity index (χ2n) is 6.29. The van der Waals surface area contributed by atoms with E-state index in [-0.39, 0.29) is 6.10 Å². The molecule has 2 fully saturated rings. The molecule has 112 valence electrons. The third kappa shape index (κ3) is 3.38. The minimum Gasteiger partial charge on any atom is -0.374 e. The van der Waals surface area contributed by atoms with Crippen LogP contribution in [0.2, 0.25) is 0 Å². The zero-order chi connectivity index (χ0) is 13.9. The normalized spacial score (nSPS) is 25.4. The Morgan fingerprint density at radius 3 is 2.70 bits per heavy atom. The van der Waals surface area contributed by atoms with Crippen molar-refractivity contribution in [1.29, 1.82) is 0 Å². The highest BCUT2D eigenvalue weighted by molar-refractivity contribution is 4.88. The van der Waals surface area contributed by atoms with Gasteiger partial charge in [0.1, 0.15) is 11.6 Å². The molecule has 2 heterocycles. The van der Waals surface area contributed by atoms with E-state index in [4.69, 9.17) is 4.74 Å². The molecule has 2 aliphatic rings. The molecule has 5 heteroatoms. The summed E-state index contributed by atoms with van der Waals surface area (Å²) in [4.78, 5) is 6.95. The molecule has 1 atom stereocenters. The van der Waals surface area contributed by atoms with E-state index in [9.17, 15) is 0 Å². The quantitative estimate of drug-likeness (QED) is 0.842. The fourth-order valence-electron chi connectivity index (χ4n) is 3.54. The highest BCUT2D eigenvalue weighted by Crippen LogP contribution is 2.26. The predicted molar refractivity (Wildman–Crippen MR) is 77.6 cm³/mol. The van der Waals surface area contributed by atoms with Crippen molar-refractivity contribution in [2.75, 3.05) is 26.2 Å². The molecule has 1 saturated heterocycles. The Morgan fingerprint density at radius 1 is 1.20 bits per heavy atom. The molecular formula is C15H26N4O. The molecule has 1 aliphatic heterocycles. The molecular weight excluding hydrogens is 252 g/mol. The van der Waals surface area contributed by atoms with E-state index in [0.717, 1.165) is 43.8 Å². The summed E-state index contributed by atoms with van der Waals surface area (Å²) in [6, 6.07) is 0. The van der Waals surface area contributed by atoms with E-state index in [0.29, 0.717) is 0 Å². The van der Waals surface area contributed by atoms with Crippen molar-refractivity contribution in [2.45, 2.75) is 52.2 Å². The lowest BCUT2D eigenvalue weighted by atomic mass is 10.1. The van der Waals surface area contributed by atoms with Gasteiger partial charge in [-0.05, 0) is 32.6 Å². The van der Waals surface area contributed by atoms with Gasteiger partial charge in [0.15, 0.2) is 0 Å². The molecule has 0 amide bonds. The standard InChI is InChI=1S/C15H26N4O/c1-12-16-13(2)19(17-12)11-15-10-18(7-8-20-15)9-14-5-3-4-6-14/h14-15H,3-11H2,1-2H3/t15-/m0/s1. The van der Waals surface area contributed by atoms with Crippen LogP contribution in [-0.2, 0) is 11.3 Å². The van der Waals surface area contributed by atoms with Gasteiger partial charge in [-0.25, -0.2) is 9.67 Å². The van der Waals surface area contributed by atoms with Gasteiger partial charge in [-0.15, -0.1) is 0 Å². The zero-order valence-corrected chi connectivity index (χ0v) is 12.7. The van der Waals surface area contributed by atoms with E-state index in [1.807, 2.05) is 18.5 Å². The highest BCUT2D eigenvalue weighted by Gasteiger charge is 2.25. The minimum atomic E-state index is 0.255. The van der Waals surface area contributed by atoms with Gasteiger partial charge in [0.2, 0.25) is 0 Å². The van der Waals surface area contributed by atoms with Gasteiger partial charge in [0.05, 0.1) is 19.3 Å². The fraction of sp³-hybridized carbons (Fsp3) is 0.867. The number of hydrogen-bond acceptors (Lipinski definition) is 4. The molecule has 0 N–H and O–H groups in total. The van der Waals surface area contributed by atoms with Crippen molar-refractivity contribution >= 4 is 0 Å². The van der Waals surface area contributed by atoms with Crippen LogP contribution in [0.4, 0.5) is 0 Å². The number of ether oxygens (including phenoxy) is 1. The van der Waals surface area contributed by atoms with Crippen LogP contribution in [0.5, 0.6) is 0 Å². The Bertz CT molecular complexity index is 439. The first-order valence-electron chi connectivity index (χ1n) is 7.92. The molecule has 1 saturated carbocycles. The first kappa shape index (κ1) is 14.0. The lowest BCUT2D eigenvalue weighted by molar-refractivity contribution is -0.0417. The zero-order valence-electron chi connectivity index (χ0n) is 12.7. The van der Waals surface area contributed by atoms with Gasteiger partial charge in [-0.2, -0.15) is 5.10 Å². The monoisotopic (exact) mass is 278 g/mol. The van der Waals surface area contributed by atoms with E-state index in [1.54, 1.807) is 0 Å². The molecule has 1 aromatic rings. The number of rotatable bonds is 4. The largest absolute Gasteiger partial charge is 0.374 e. The minimum absolute atomic E-state index is 0.255. The smallest absolute Gasteiger partial charge is 0.147 e. The predicted octanol–water partition coefficient (Wildman–Crippen LogP) is 1.79. The molecule has 0 aromatic carbocycles. The molecule has 20 heavy (non-hydrogen) atoms. The summed E-state index contributed by atoms with van der Waals surface area (Å²) in [5, 5.41) is 4.44. The number of aromatic nitrogens is 3. The number of aryl methyl sites for hydroxylation is 2. The summed E-state index contributed by atoms with van der Waals surface area (Å²) in [6.07, 6.45) is 5.95. The number of nitrogens with zero attached hydrogens (tertiary/aromatic N) is 4. The first-order chi connectivity index (χ1) is 9.70. The van der Waals surface area contributed by atoms with Crippen LogP contribution in [0.3, 0.4) is 0 Å². The first-order valence-corrected chi connectivity index (χ1v) is 7.92. The second kappa shape index (κ2) is 6.22. The Hall–Kier alpha value is -0.940. The summed E-state index contributed by atoms with van der Waals surface area (Å²) in [6.45, 7) is 9.02. The SMILES string of the molecule is Cc1nc(C)n(C[C@@H]2CN(CC3CCCC3)CCO2)n1. The van der Waals surface area contributed by atoms with Crippen molar-refractivity contribution in [2.24, 2.45) is 5.92 Å². The fourth-order valence-corrected chi connectivity index (χ4v) is 3.54. The summed E-state index contributed by atoms with van der Waals surface area (Å²) >= 11 is 0. The van der Waals surface area contributed by atoms with Gasteiger partial charge >= 0.3 is 0 Å². The van der Waals surface area contributed by atoms with Crippen LogP contribution >= 0.6 is 0 Å². The van der Waals surface area contributed by atoms with Gasteiger partial charge in [0, 0.05) is 19.6 Å². The highest BCUT2D eigenvalue weighted by atomic mass is 16.5. The van der Waals surface area contributed by atoms with E-state index in [2.05, 4.69) is 15.0 Å². The Balaban J connectivity index is 1.53. The average molecular weight is 278 g/mol. The maximum atomic E-state index is 5.91. The average Bonchev–Trinajstić information content (AvgIpc) is 3.01. The van der Waals surface area contributed by atoms with Crippen LogP contribution in [-0.4, -0.2) is 52.0 Å². The van der Waals surface area contributed by atoms with E-state index < -0.39 is 0 Å². The van der Waals surface area contributed by atoms with Crippen LogP contribution in [0.1, 0.15) is 37.3 Å². The Morgan fingerprint density at radius 2 is 2.00 bits per heavy atom. The molecule has 0 spiro atoms. The summed E-state index contributed by atoms with van der Waals surface area (Å²) in [5.74, 6) is 2.75. The van der Waals surface area contributed by atoms with Crippen molar-refractivity contribution in [3.05, 3.63) is 11.6 Å². The number of morpholine rings is 1. The molecule has 1 aliphatic carbocycles. The maximum absolute atomic E-state index is 5.91. The Kier molecular flexibility index (Phi) is 4.36. The van der Waals surface area contributed by atoms with Gasteiger partial charge < -0.3 is 4.74 Å². The molecule has 0 bridgehead atoms. The van der Waals surface area contributed by atoms with E-state index in [1.165, 1.54) is 32.2 Å². The van der Waals surface area contributed by atoms with Crippen molar-refractivity contribution in [3.63, 3.8) is 0 Å². The van der Waals surface area contributed by atoms with Crippen LogP contribution < -0.4 is 0 Å². The van der Waals surface area contributed by atoms with Crippen LogP contribution in [0, 0.1) is 19.8 Å². The van der Waals surface area contributed by atoms with Crippen molar-refractivity contribution in [3.8, 4) is 0 Å². The van der Waals surface area contributed by atoms with Crippen LogP contribution in [0.15, 0.2) is 0 Å². The van der Waals surface area contributed by atoms with Crippen LogP contribution in [0.25, 0.3) is 0 Å². The topological polar surface area (TPSA) is 43.2 Å². The van der Waals surface area contributed by atoms with Crippen molar-refractivity contribution in [1.82, 2.24) is 19.7 Å². The molecule has 5 nitrogen and oxygen atoms in total. The third-order valence-electron chi connectivity index (χ3n) is 4.55. The Labute approximate surface area is 121 Å². The number of hydrogen-bond donors (Lipinski definition) is 0.